The van der Waals surface area contributed by atoms with Gasteiger partial charge in [0.15, 0.2) is 0 Å². The molecule has 0 unspecified atom stereocenters. The Kier molecular flexibility index (Phi) is 3.06. The number of alkyl halides is 1. The first-order chi connectivity index (χ1) is 7.28. The average molecular weight is 226 g/mol. The van der Waals surface area contributed by atoms with Crippen molar-refractivity contribution in [2.24, 2.45) is 0 Å². The van der Waals surface area contributed by atoms with Crippen molar-refractivity contribution < 1.29 is 4.79 Å². The second kappa shape index (κ2) is 4.49. The highest BCUT2D eigenvalue weighted by Gasteiger charge is 2.23. The molecule has 2 rings (SSSR count). The molecule has 0 saturated heterocycles. The fourth-order valence-corrected chi connectivity index (χ4v) is 1.36. The topological polar surface area (TPSA) is 54.0 Å². The van der Waals surface area contributed by atoms with E-state index < -0.39 is 0 Å². The molecule has 1 aliphatic carbocycles. The van der Waals surface area contributed by atoms with Crippen LogP contribution in [0.25, 0.3) is 0 Å². The van der Waals surface area contributed by atoms with Crippen LogP contribution in [0.3, 0.4) is 0 Å². The van der Waals surface area contributed by atoms with Gasteiger partial charge in [0, 0.05) is 18.1 Å². The summed E-state index contributed by atoms with van der Waals surface area (Å²) >= 11 is 5.67. The minimum absolute atomic E-state index is 0.197. The molecule has 1 aromatic heterocycles. The summed E-state index contributed by atoms with van der Waals surface area (Å²) in [5.74, 6) is 0.952. The number of urea groups is 1. The normalized spacial score (nSPS) is 14.7. The van der Waals surface area contributed by atoms with Crippen molar-refractivity contribution in [3.05, 3.63) is 23.9 Å². The van der Waals surface area contributed by atoms with Crippen LogP contribution in [0.4, 0.5) is 10.6 Å². The molecule has 0 spiro atoms. The number of nitrogens with zero attached hydrogens (tertiary/aromatic N) is 1. The molecular formula is C10H12ClN3O. The monoisotopic (exact) mass is 225 g/mol. The second-order valence-electron chi connectivity index (χ2n) is 3.56. The molecule has 1 aliphatic rings. The summed E-state index contributed by atoms with van der Waals surface area (Å²) in [6.45, 7) is 0. The van der Waals surface area contributed by atoms with E-state index in [1.807, 2.05) is 6.07 Å². The summed E-state index contributed by atoms with van der Waals surface area (Å²) in [7, 11) is 0. The van der Waals surface area contributed by atoms with Gasteiger partial charge in [0.2, 0.25) is 0 Å². The van der Waals surface area contributed by atoms with Gasteiger partial charge in [0.1, 0.15) is 5.82 Å². The standard InChI is InChI=1S/C10H12ClN3O/c11-6-7-3-4-12-9(5-7)14-10(15)13-8-1-2-8/h3-5,8H,1-2,6H2,(H2,12,13,14,15). The van der Waals surface area contributed by atoms with Crippen molar-refractivity contribution in [3.8, 4) is 0 Å². The number of anilines is 1. The number of halogens is 1. The largest absolute Gasteiger partial charge is 0.335 e. The lowest BCUT2D eigenvalue weighted by Gasteiger charge is -2.06. The van der Waals surface area contributed by atoms with Crippen LogP contribution in [-0.2, 0) is 5.88 Å². The smallest absolute Gasteiger partial charge is 0.320 e. The van der Waals surface area contributed by atoms with Gasteiger partial charge >= 0.3 is 6.03 Å². The van der Waals surface area contributed by atoms with Crippen molar-refractivity contribution in [2.45, 2.75) is 24.8 Å². The van der Waals surface area contributed by atoms with E-state index in [9.17, 15) is 4.79 Å². The van der Waals surface area contributed by atoms with Gasteiger partial charge < -0.3 is 5.32 Å². The molecule has 15 heavy (non-hydrogen) atoms. The summed E-state index contributed by atoms with van der Waals surface area (Å²) in [6.07, 6.45) is 3.77. The zero-order valence-corrected chi connectivity index (χ0v) is 8.92. The molecule has 2 amide bonds. The van der Waals surface area contributed by atoms with Crippen LogP contribution in [-0.4, -0.2) is 17.1 Å². The predicted octanol–water partition coefficient (Wildman–Crippen LogP) is 2.10. The van der Waals surface area contributed by atoms with Crippen LogP contribution in [0.15, 0.2) is 18.3 Å². The Morgan fingerprint density at radius 3 is 3.07 bits per heavy atom. The Morgan fingerprint density at radius 1 is 1.60 bits per heavy atom. The fraction of sp³-hybridized carbons (Fsp3) is 0.400. The number of pyridine rings is 1. The number of rotatable bonds is 3. The van der Waals surface area contributed by atoms with Crippen molar-refractivity contribution in [1.82, 2.24) is 10.3 Å². The minimum Gasteiger partial charge on any atom is -0.335 e. The van der Waals surface area contributed by atoms with Gasteiger partial charge in [-0.3, -0.25) is 5.32 Å². The lowest BCUT2D eigenvalue weighted by atomic mass is 10.3. The number of hydrogen-bond donors (Lipinski definition) is 2. The van der Waals surface area contributed by atoms with E-state index in [0.717, 1.165) is 18.4 Å². The first-order valence-electron chi connectivity index (χ1n) is 4.86. The van der Waals surface area contributed by atoms with E-state index in [1.54, 1.807) is 12.3 Å². The maximum absolute atomic E-state index is 11.4. The Balaban J connectivity index is 1.93. The van der Waals surface area contributed by atoms with Gasteiger partial charge in [-0.15, -0.1) is 11.6 Å². The van der Waals surface area contributed by atoms with Crippen LogP contribution >= 0.6 is 11.6 Å². The number of nitrogens with one attached hydrogen (secondary N) is 2. The summed E-state index contributed by atoms with van der Waals surface area (Å²) in [5.41, 5.74) is 0.938. The molecule has 1 fully saturated rings. The van der Waals surface area contributed by atoms with Gasteiger partial charge in [0.05, 0.1) is 0 Å². The summed E-state index contributed by atoms with van der Waals surface area (Å²) in [6, 6.07) is 3.73. The van der Waals surface area contributed by atoms with E-state index in [-0.39, 0.29) is 6.03 Å². The van der Waals surface area contributed by atoms with E-state index in [2.05, 4.69) is 15.6 Å². The quantitative estimate of drug-likeness (QED) is 0.775. The highest BCUT2D eigenvalue weighted by atomic mass is 35.5. The third kappa shape index (κ3) is 3.09. The Labute approximate surface area is 93.0 Å². The fourth-order valence-electron chi connectivity index (χ4n) is 1.19. The second-order valence-corrected chi connectivity index (χ2v) is 3.82. The van der Waals surface area contributed by atoms with E-state index in [1.165, 1.54) is 0 Å². The first kappa shape index (κ1) is 10.2. The van der Waals surface area contributed by atoms with Crippen LogP contribution < -0.4 is 10.6 Å². The predicted molar refractivity (Wildman–Crippen MR) is 59.0 cm³/mol. The molecule has 1 heterocycles. The molecule has 0 bridgehead atoms. The number of amides is 2. The number of hydrogen-bond acceptors (Lipinski definition) is 2. The number of carbonyl (C=O) groups excluding carboxylic acids is 1. The molecule has 5 heteroatoms. The lowest BCUT2D eigenvalue weighted by Crippen LogP contribution is -2.30. The minimum atomic E-state index is -0.197. The molecule has 80 valence electrons. The zero-order valence-electron chi connectivity index (χ0n) is 8.16. The maximum Gasteiger partial charge on any atom is 0.320 e. The van der Waals surface area contributed by atoms with Crippen molar-refractivity contribution >= 4 is 23.4 Å². The molecule has 2 N–H and O–H groups in total. The van der Waals surface area contributed by atoms with Crippen molar-refractivity contribution in [2.75, 3.05) is 5.32 Å². The average Bonchev–Trinajstić information content (AvgIpc) is 3.02. The molecule has 4 nitrogen and oxygen atoms in total. The molecule has 0 radical (unpaired) electrons. The molecule has 0 aliphatic heterocycles. The van der Waals surface area contributed by atoms with Gasteiger partial charge in [0.25, 0.3) is 0 Å². The summed E-state index contributed by atoms with van der Waals surface area (Å²) < 4.78 is 0. The van der Waals surface area contributed by atoms with Crippen LogP contribution in [0.1, 0.15) is 18.4 Å². The highest BCUT2D eigenvalue weighted by molar-refractivity contribution is 6.17. The van der Waals surface area contributed by atoms with Gasteiger partial charge in [-0.2, -0.15) is 0 Å². The lowest BCUT2D eigenvalue weighted by molar-refractivity contribution is 0.251. The number of aromatic nitrogens is 1. The Hall–Kier alpha value is -1.29. The zero-order chi connectivity index (χ0) is 10.7. The van der Waals surface area contributed by atoms with Crippen LogP contribution in [0.2, 0.25) is 0 Å². The van der Waals surface area contributed by atoms with Crippen LogP contribution in [0.5, 0.6) is 0 Å². The Morgan fingerprint density at radius 2 is 2.40 bits per heavy atom. The van der Waals surface area contributed by atoms with Crippen molar-refractivity contribution in [1.29, 1.82) is 0 Å². The number of carbonyl (C=O) groups is 1. The SMILES string of the molecule is O=C(Nc1cc(CCl)ccn1)NC1CC1. The van der Waals surface area contributed by atoms with Gasteiger partial charge in [-0.25, -0.2) is 9.78 Å². The first-order valence-corrected chi connectivity index (χ1v) is 5.40. The van der Waals surface area contributed by atoms with E-state index >= 15 is 0 Å². The third-order valence-corrected chi connectivity index (χ3v) is 2.44. The molecule has 0 aromatic carbocycles. The summed E-state index contributed by atoms with van der Waals surface area (Å²) in [4.78, 5) is 15.4. The third-order valence-electron chi connectivity index (χ3n) is 2.13. The molecule has 0 atom stereocenters. The van der Waals surface area contributed by atoms with E-state index in [4.69, 9.17) is 11.6 Å². The summed E-state index contributed by atoms with van der Waals surface area (Å²) in [5, 5.41) is 5.48. The highest BCUT2D eigenvalue weighted by Crippen LogP contribution is 2.18. The maximum atomic E-state index is 11.4. The molecule has 1 saturated carbocycles. The van der Waals surface area contributed by atoms with E-state index in [0.29, 0.717) is 17.7 Å². The van der Waals surface area contributed by atoms with Gasteiger partial charge in [-0.05, 0) is 30.5 Å². The van der Waals surface area contributed by atoms with Crippen LogP contribution in [0, 0.1) is 0 Å². The Bertz CT molecular complexity index is 365. The van der Waals surface area contributed by atoms with Gasteiger partial charge in [-0.1, -0.05) is 0 Å². The van der Waals surface area contributed by atoms with Crippen molar-refractivity contribution in [3.63, 3.8) is 0 Å². The molecule has 1 aromatic rings. The molecular weight excluding hydrogens is 214 g/mol.